The Balaban J connectivity index is 1.92. The summed E-state index contributed by atoms with van der Waals surface area (Å²) in [7, 11) is 0. The molecule has 0 aliphatic heterocycles. The molecule has 0 aliphatic rings. The second-order valence-corrected chi connectivity index (χ2v) is 12.2. The van der Waals surface area contributed by atoms with E-state index in [9.17, 15) is 0 Å². The molecule has 4 nitrogen and oxygen atoms in total. The summed E-state index contributed by atoms with van der Waals surface area (Å²) in [4.78, 5) is 0. The minimum absolute atomic E-state index is 0.704. The zero-order chi connectivity index (χ0) is 32.1. The molecule has 0 amide bonds. The monoisotopic (exact) mass is 602 g/mol. The second-order valence-electron chi connectivity index (χ2n) is 12.2. The summed E-state index contributed by atoms with van der Waals surface area (Å²) in [5.41, 5.74) is 2.66. The first-order chi connectivity index (χ1) is 21.4. The van der Waals surface area contributed by atoms with Crippen molar-refractivity contribution in [3.05, 3.63) is 59.2 Å². The maximum absolute atomic E-state index is 6.26. The third-order valence-electron chi connectivity index (χ3n) is 9.95. The van der Waals surface area contributed by atoms with Crippen molar-refractivity contribution >= 4 is 0 Å². The molecule has 0 atom stereocenters. The summed E-state index contributed by atoms with van der Waals surface area (Å²) in [6.07, 6.45) is 15.1. The third-order valence-corrected chi connectivity index (χ3v) is 9.95. The topological polar surface area (TPSA) is 18.5 Å². The number of ether oxygens (including phenoxy) is 2. The largest absolute Gasteiger partial charge is 0.494 e. The lowest BCUT2D eigenvalue weighted by atomic mass is 10.1. The van der Waals surface area contributed by atoms with Gasteiger partial charge in [-0.25, -0.2) is 0 Å². The van der Waals surface area contributed by atoms with Crippen LogP contribution in [0.25, 0.3) is 0 Å². The van der Waals surface area contributed by atoms with Crippen LogP contribution in [0.15, 0.2) is 42.5 Å². The smallest absolute Gasteiger partial charge is 0.135 e. The Kier molecular flexibility index (Phi) is 17.7. The highest BCUT2D eigenvalue weighted by atomic mass is 16.5. The number of nitrogens with zero attached hydrogens (tertiary/aromatic N) is 2. The van der Waals surface area contributed by atoms with Crippen LogP contribution < -0.4 is 9.47 Å². The first-order valence-electron chi connectivity index (χ1n) is 17.6. The quantitative estimate of drug-likeness (QED) is 0.0763. The highest BCUT2D eigenvalue weighted by Gasteiger charge is 2.20. The average Bonchev–Trinajstić information content (AvgIpc) is 3.07. The Morgan fingerprint density at radius 2 is 1.02 bits per heavy atom. The zero-order valence-electron chi connectivity index (χ0n) is 29.1. The zero-order valence-corrected chi connectivity index (χ0v) is 29.1. The van der Waals surface area contributed by atoms with E-state index in [1.807, 2.05) is 42.5 Å². The molecule has 0 aliphatic carbocycles. The van der Waals surface area contributed by atoms with Crippen molar-refractivity contribution in [2.24, 2.45) is 0 Å². The van der Waals surface area contributed by atoms with Crippen molar-refractivity contribution in [1.82, 2.24) is 0 Å². The van der Waals surface area contributed by atoms with Crippen LogP contribution in [-0.2, 0) is 0 Å². The summed E-state index contributed by atoms with van der Waals surface area (Å²) >= 11 is 0. The molecule has 0 spiro atoms. The van der Waals surface area contributed by atoms with Gasteiger partial charge in [-0.2, -0.15) is 0 Å². The highest BCUT2D eigenvalue weighted by molar-refractivity contribution is 5.53. The minimum atomic E-state index is 0.704. The van der Waals surface area contributed by atoms with Crippen LogP contribution in [0.5, 0.6) is 11.5 Å². The van der Waals surface area contributed by atoms with Crippen LogP contribution in [0.2, 0.25) is 0 Å². The van der Waals surface area contributed by atoms with E-state index >= 15 is 0 Å². The maximum Gasteiger partial charge on any atom is 0.135 e. The van der Waals surface area contributed by atoms with Gasteiger partial charge in [-0.05, 0) is 135 Å². The summed E-state index contributed by atoms with van der Waals surface area (Å²) in [5, 5.41) is 0. The lowest BCUT2D eigenvalue weighted by Gasteiger charge is -2.35. The Morgan fingerprint density at radius 3 is 1.52 bits per heavy atom. The first-order valence-corrected chi connectivity index (χ1v) is 17.6. The number of quaternary nitrogens is 2. The van der Waals surface area contributed by atoms with Gasteiger partial charge in [0.1, 0.15) is 11.5 Å². The van der Waals surface area contributed by atoms with E-state index in [4.69, 9.17) is 15.9 Å². The van der Waals surface area contributed by atoms with Crippen LogP contribution in [0.4, 0.5) is 0 Å². The number of hydrogen-bond acceptors (Lipinski definition) is 2. The summed E-state index contributed by atoms with van der Waals surface area (Å²) < 4.78 is 14.9. The predicted octanol–water partition coefficient (Wildman–Crippen LogP) is 8.70. The van der Waals surface area contributed by atoms with Crippen LogP contribution in [-0.4, -0.2) is 74.5 Å². The SMILES string of the molecule is C#Cc1ccc(C#Cc2cc(OCCCCCC[N+](CC)(CC)CC)ccc2OCCCCCC[N+](CC)(CC)CC)cc1. The highest BCUT2D eigenvalue weighted by Crippen LogP contribution is 2.25. The first kappa shape index (κ1) is 37.3. The Labute approximate surface area is 271 Å². The average molecular weight is 603 g/mol. The fourth-order valence-corrected chi connectivity index (χ4v) is 6.08. The van der Waals surface area contributed by atoms with E-state index < -0.39 is 0 Å². The number of hydrogen-bond donors (Lipinski definition) is 0. The van der Waals surface area contributed by atoms with Gasteiger partial charge in [-0.3, -0.25) is 0 Å². The van der Waals surface area contributed by atoms with E-state index in [0.717, 1.165) is 47.6 Å². The van der Waals surface area contributed by atoms with Gasteiger partial charge in [0.15, 0.2) is 0 Å². The molecule has 0 fully saturated rings. The van der Waals surface area contributed by atoms with E-state index in [-0.39, 0.29) is 0 Å². The van der Waals surface area contributed by atoms with Gasteiger partial charge in [-0.15, -0.1) is 6.42 Å². The van der Waals surface area contributed by atoms with Crippen molar-refractivity contribution in [2.45, 2.75) is 92.9 Å². The standard InChI is InChI=1S/C40H62N2O2/c1-8-36-23-25-37(26-24-36)27-28-38-35-39(43-33-21-17-15-19-31-41(9-2,10-3)11-4)29-30-40(38)44-34-22-18-16-20-32-42(12-5,13-6)14-7/h1,23-26,29-30,35H,9-22,31-34H2,2-7H3/q+2. The van der Waals surface area contributed by atoms with E-state index in [2.05, 4.69) is 59.3 Å². The van der Waals surface area contributed by atoms with E-state index in [1.54, 1.807) is 0 Å². The van der Waals surface area contributed by atoms with Crippen LogP contribution in [0, 0.1) is 24.2 Å². The Hall–Kier alpha value is -2.92. The molecule has 0 bridgehead atoms. The second kappa shape index (κ2) is 20.9. The molecule has 2 aromatic rings. The van der Waals surface area contributed by atoms with Gasteiger partial charge < -0.3 is 18.4 Å². The summed E-state index contributed by atoms with van der Waals surface area (Å²) in [6.45, 7) is 25.3. The van der Waals surface area contributed by atoms with Gasteiger partial charge in [0.25, 0.3) is 0 Å². The van der Waals surface area contributed by atoms with Crippen LogP contribution >= 0.6 is 0 Å². The van der Waals surface area contributed by atoms with E-state index in [0.29, 0.717) is 6.61 Å². The summed E-state index contributed by atoms with van der Waals surface area (Å²) in [6, 6.07) is 13.9. The molecule has 4 heteroatoms. The number of benzene rings is 2. The number of terminal acetylenes is 1. The molecule has 0 unspecified atom stereocenters. The van der Waals surface area contributed by atoms with Crippen LogP contribution in [0.1, 0.15) is 110 Å². The fourth-order valence-electron chi connectivity index (χ4n) is 6.08. The molecule has 0 saturated carbocycles. The van der Waals surface area contributed by atoms with Gasteiger partial charge in [0.2, 0.25) is 0 Å². The molecule has 242 valence electrons. The molecule has 44 heavy (non-hydrogen) atoms. The van der Waals surface area contributed by atoms with Crippen molar-refractivity contribution in [3.63, 3.8) is 0 Å². The molecule has 2 aromatic carbocycles. The lowest BCUT2D eigenvalue weighted by Crippen LogP contribution is -2.48. The molecule has 0 saturated heterocycles. The number of rotatable bonds is 22. The molecular weight excluding hydrogens is 540 g/mol. The molecule has 0 aromatic heterocycles. The molecule has 0 radical (unpaired) electrons. The fraction of sp³-hybridized carbons (Fsp3) is 0.600. The van der Waals surface area contributed by atoms with Gasteiger partial charge in [0.05, 0.1) is 71.1 Å². The minimum Gasteiger partial charge on any atom is -0.494 e. The van der Waals surface area contributed by atoms with Gasteiger partial charge in [0, 0.05) is 11.1 Å². The summed E-state index contributed by atoms with van der Waals surface area (Å²) in [5.74, 6) is 11.0. The third kappa shape index (κ3) is 12.6. The van der Waals surface area contributed by atoms with Crippen LogP contribution in [0.3, 0.4) is 0 Å². The van der Waals surface area contributed by atoms with Crippen molar-refractivity contribution in [1.29, 1.82) is 0 Å². The molecule has 2 rings (SSSR count). The Morgan fingerprint density at radius 1 is 0.545 bits per heavy atom. The molecule has 0 heterocycles. The van der Waals surface area contributed by atoms with Crippen molar-refractivity contribution in [2.75, 3.05) is 65.6 Å². The maximum atomic E-state index is 6.26. The molecular formula is C40H62N2O2+2. The van der Waals surface area contributed by atoms with Crippen molar-refractivity contribution < 1.29 is 18.4 Å². The Bertz CT molecular complexity index is 1140. The molecule has 0 N–H and O–H groups in total. The van der Waals surface area contributed by atoms with E-state index in [1.165, 1.54) is 99.8 Å². The van der Waals surface area contributed by atoms with Crippen molar-refractivity contribution in [3.8, 4) is 35.7 Å². The number of unbranched alkanes of at least 4 members (excludes halogenated alkanes) is 6. The van der Waals surface area contributed by atoms with Gasteiger partial charge in [-0.1, -0.05) is 17.8 Å². The predicted molar refractivity (Wildman–Crippen MR) is 188 cm³/mol. The normalized spacial score (nSPS) is 11.5. The lowest BCUT2D eigenvalue weighted by molar-refractivity contribution is -0.923. The van der Waals surface area contributed by atoms with Gasteiger partial charge >= 0.3 is 0 Å².